The highest BCUT2D eigenvalue weighted by atomic mass is 16.5. The minimum absolute atomic E-state index is 0.672. The van der Waals surface area contributed by atoms with Gasteiger partial charge in [-0.05, 0) is 24.5 Å². The van der Waals surface area contributed by atoms with Crippen molar-refractivity contribution in [2.45, 2.75) is 46.1 Å². The highest BCUT2D eigenvalue weighted by Gasteiger charge is 2.18. The third kappa shape index (κ3) is 3.71. The van der Waals surface area contributed by atoms with Gasteiger partial charge in [0.2, 0.25) is 0 Å². The smallest absolute Gasteiger partial charge is 0.146 e. The van der Waals surface area contributed by atoms with E-state index in [4.69, 9.17) is 9.72 Å². The summed E-state index contributed by atoms with van der Waals surface area (Å²) in [6.45, 7) is 5.56. The van der Waals surface area contributed by atoms with E-state index >= 15 is 0 Å². The van der Waals surface area contributed by atoms with E-state index in [1.807, 2.05) is 12.1 Å². The molecule has 25 heavy (non-hydrogen) atoms. The first-order valence-electron chi connectivity index (χ1n) is 9.37. The lowest BCUT2D eigenvalue weighted by atomic mass is 9.99. The highest BCUT2D eigenvalue weighted by molar-refractivity contribution is 5.86. The van der Waals surface area contributed by atoms with Crippen LogP contribution in [0, 0.1) is 5.92 Å². The molecule has 132 valence electrons. The van der Waals surface area contributed by atoms with E-state index in [0.717, 1.165) is 34.7 Å². The summed E-state index contributed by atoms with van der Waals surface area (Å²) in [5.41, 5.74) is 3.27. The molecule has 0 radical (unpaired) electrons. The van der Waals surface area contributed by atoms with Gasteiger partial charge in [-0.25, -0.2) is 4.98 Å². The number of aromatic nitrogens is 2. The molecule has 2 aromatic carbocycles. The van der Waals surface area contributed by atoms with Crippen molar-refractivity contribution in [2.75, 3.05) is 7.11 Å². The molecule has 1 unspecified atom stereocenters. The maximum absolute atomic E-state index is 5.55. The summed E-state index contributed by atoms with van der Waals surface area (Å²) in [6.07, 6.45) is 5.00. The molecule has 3 aromatic rings. The fraction of sp³-hybridized carbons (Fsp3) is 0.409. The number of unbranched alkanes of at least 4 members (excludes halogenated alkanes) is 1. The van der Waals surface area contributed by atoms with Gasteiger partial charge < -0.3 is 9.30 Å². The minimum Gasteiger partial charge on any atom is -0.494 e. The Morgan fingerprint density at radius 1 is 1.04 bits per heavy atom. The van der Waals surface area contributed by atoms with E-state index in [9.17, 15) is 0 Å². The van der Waals surface area contributed by atoms with Crippen LogP contribution in [0.4, 0.5) is 0 Å². The molecule has 0 fully saturated rings. The van der Waals surface area contributed by atoms with Gasteiger partial charge in [0, 0.05) is 12.1 Å². The Bertz CT molecular complexity index is 808. The first-order chi connectivity index (χ1) is 12.3. The second kappa shape index (κ2) is 8.19. The van der Waals surface area contributed by atoms with Crippen LogP contribution in [0.1, 0.15) is 39.5 Å². The van der Waals surface area contributed by atoms with Gasteiger partial charge in [-0.1, -0.05) is 69.5 Å². The molecule has 0 spiro atoms. The van der Waals surface area contributed by atoms with Crippen molar-refractivity contribution < 1.29 is 4.74 Å². The SMILES string of the molecule is CCCCC(CC)Cn1c(-c2ccccc2)nc2c(OC)cccc21. The van der Waals surface area contributed by atoms with Crippen LogP contribution in [0.3, 0.4) is 0 Å². The van der Waals surface area contributed by atoms with Crippen molar-refractivity contribution >= 4 is 11.0 Å². The average molecular weight is 336 g/mol. The Balaban J connectivity index is 2.10. The zero-order valence-electron chi connectivity index (χ0n) is 15.5. The van der Waals surface area contributed by atoms with Crippen LogP contribution in [0.5, 0.6) is 5.75 Å². The van der Waals surface area contributed by atoms with Gasteiger partial charge in [-0.3, -0.25) is 0 Å². The largest absolute Gasteiger partial charge is 0.494 e. The normalized spacial score (nSPS) is 12.4. The zero-order chi connectivity index (χ0) is 17.6. The quantitative estimate of drug-likeness (QED) is 0.510. The average Bonchev–Trinajstić information content (AvgIpc) is 3.04. The van der Waals surface area contributed by atoms with Crippen molar-refractivity contribution in [1.29, 1.82) is 0 Å². The van der Waals surface area contributed by atoms with Crippen molar-refractivity contribution in [3.8, 4) is 17.1 Å². The molecule has 1 atom stereocenters. The topological polar surface area (TPSA) is 27.1 Å². The van der Waals surface area contributed by atoms with Gasteiger partial charge in [0.25, 0.3) is 0 Å². The van der Waals surface area contributed by atoms with Gasteiger partial charge in [-0.2, -0.15) is 0 Å². The summed E-state index contributed by atoms with van der Waals surface area (Å²) in [4.78, 5) is 4.96. The summed E-state index contributed by atoms with van der Waals surface area (Å²) in [5, 5.41) is 0. The Hall–Kier alpha value is -2.29. The van der Waals surface area contributed by atoms with Crippen LogP contribution < -0.4 is 4.74 Å². The molecule has 0 N–H and O–H groups in total. The number of ether oxygens (including phenoxy) is 1. The van der Waals surface area contributed by atoms with Crippen LogP contribution in [0.25, 0.3) is 22.4 Å². The molecule has 0 saturated heterocycles. The van der Waals surface area contributed by atoms with Crippen LogP contribution in [-0.4, -0.2) is 16.7 Å². The van der Waals surface area contributed by atoms with Crippen molar-refractivity contribution in [3.05, 3.63) is 48.5 Å². The Morgan fingerprint density at radius 2 is 1.84 bits per heavy atom. The van der Waals surface area contributed by atoms with Gasteiger partial charge >= 0.3 is 0 Å². The summed E-state index contributed by atoms with van der Waals surface area (Å²) in [6, 6.07) is 16.7. The first kappa shape index (κ1) is 17.5. The standard InChI is InChI=1S/C22H28N2O/c1-4-6-11-17(5-2)16-24-19-14-10-15-20(25-3)21(19)23-22(24)18-12-8-7-9-13-18/h7-10,12-15,17H,4-6,11,16H2,1-3H3. The number of para-hydroxylation sites is 1. The van der Waals surface area contributed by atoms with E-state index in [-0.39, 0.29) is 0 Å². The first-order valence-corrected chi connectivity index (χ1v) is 9.37. The van der Waals surface area contributed by atoms with E-state index < -0.39 is 0 Å². The maximum Gasteiger partial charge on any atom is 0.146 e. The zero-order valence-corrected chi connectivity index (χ0v) is 15.5. The molecule has 0 aliphatic carbocycles. The van der Waals surface area contributed by atoms with Crippen LogP contribution in [-0.2, 0) is 6.54 Å². The van der Waals surface area contributed by atoms with Gasteiger partial charge in [0.05, 0.1) is 12.6 Å². The molecule has 0 amide bonds. The third-order valence-corrected chi connectivity index (χ3v) is 4.98. The van der Waals surface area contributed by atoms with Gasteiger partial charge in [-0.15, -0.1) is 0 Å². The van der Waals surface area contributed by atoms with Crippen LogP contribution >= 0.6 is 0 Å². The summed E-state index contributed by atoms with van der Waals surface area (Å²) >= 11 is 0. The van der Waals surface area contributed by atoms with E-state index in [2.05, 4.69) is 54.8 Å². The Kier molecular flexibility index (Phi) is 5.75. The lowest BCUT2D eigenvalue weighted by Crippen LogP contribution is -2.11. The number of benzene rings is 2. The third-order valence-electron chi connectivity index (χ3n) is 4.98. The number of rotatable bonds is 8. The van der Waals surface area contributed by atoms with Gasteiger partial charge in [0.15, 0.2) is 0 Å². The number of methoxy groups -OCH3 is 1. The second-order valence-electron chi connectivity index (χ2n) is 6.66. The molecule has 3 heteroatoms. The summed E-state index contributed by atoms with van der Waals surface area (Å²) in [5.74, 6) is 2.55. The molecule has 0 bridgehead atoms. The highest BCUT2D eigenvalue weighted by Crippen LogP contribution is 2.32. The lowest BCUT2D eigenvalue weighted by Gasteiger charge is -2.18. The molecular formula is C22H28N2O. The van der Waals surface area contributed by atoms with Gasteiger partial charge in [0.1, 0.15) is 17.1 Å². The molecule has 3 nitrogen and oxygen atoms in total. The molecule has 1 aromatic heterocycles. The Labute approximate surface area is 150 Å². The van der Waals surface area contributed by atoms with E-state index in [0.29, 0.717) is 5.92 Å². The van der Waals surface area contributed by atoms with Crippen LogP contribution in [0.15, 0.2) is 48.5 Å². The predicted octanol–water partition coefficient (Wildman–Crippen LogP) is 5.93. The Morgan fingerprint density at radius 3 is 2.52 bits per heavy atom. The molecule has 3 rings (SSSR count). The molecular weight excluding hydrogens is 308 g/mol. The number of hydrogen-bond acceptors (Lipinski definition) is 2. The predicted molar refractivity (Wildman–Crippen MR) is 105 cm³/mol. The monoisotopic (exact) mass is 336 g/mol. The lowest BCUT2D eigenvalue weighted by molar-refractivity contribution is 0.397. The molecule has 0 saturated carbocycles. The maximum atomic E-state index is 5.55. The number of fused-ring (bicyclic) bond motifs is 1. The number of nitrogens with zero attached hydrogens (tertiary/aromatic N) is 2. The number of hydrogen-bond donors (Lipinski definition) is 0. The number of imidazole rings is 1. The fourth-order valence-electron chi connectivity index (χ4n) is 3.45. The van der Waals surface area contributed by atoms with E-state index in [1.165, 1.54) is 25.7 Å². The second-order valence-corrected chi connectivity index (χ2v) is 6.66. The molecule has 0 aliphatic rings. The van der Waals surface area contributed by atoms with E-state index in [1.54, 1.807) is 7.11 Å². The molecule has 0 aliphatic heterocycles. The summed E-state index contributed by atoms with van der Waals surface area (Å²) in [7, 11) is 1.71. The van der Waals surface area contributed by atoms with Crippen molar-refractivity contribution in [1.82, 2.24) is 9.55 Å². The fourth-order valence-corrected chi connectivity index (χ4v) is 3.45. The molecule has 1 heterocycles. The minimum atomic E-state index is 0.672. The summed E-state index contributed by atoms with van der Waals surface area (Å²) < 4.78 is 7.94. The van der Waals surface area contributed by atoms with Crippen LogP contribution in [0.2, 0.25) is 0 Å². The van der Waals surface area contributed by atoms with Crippen molar-refractivity contribution in [2.24, 2.45) is 5.92 Å². The van der Waals surface area contributed by atoms with Crippen molar-refractivity contribution in [3.63, 3.8) is 0 Å².